The molecule has 7 nitrogen and oxygen atoms in total. The third-order valence-electron chi connectivity index (χ3n) is 3.44. The highest BCUT2D eigenvalue weighted by atomic mass is 35.5. The molecule has 0 aliphatic heterocycles. The number of thioether (sulfide) groups is 1. The average Bonchev–Trinajstić information content (AvgIpc) is 2.66. The number of hydrogen-bond acceptors (Lipinski definition) is 6. The summed E-state index contributed by atoms with van der Waals surface area (Å²) in [4.78, 5) is 34.6. The second-order valence-electron chi connectivity index (χ2n) is 5.52. The van der Waals surface area contributed by atoms with Gasteiger partial charge in [-0.25, -0.2) is 0 Å². The number of benzene rings is 2. The van der Waals surface area contributed by atoms with Gasteiger partial charge < -0.3 is 10.1 Å². The Balaban J connectivity index is 1.74. The van der Waals surface area contributed by atoms with Gasteiger partial charge in [-0.15, -0.1) is 11.8 Å². The number of rotatable bonds is 8. The van der Waals surface area contributed by atoms with Gasteiger partial charge in [0.1, 0.15) is 5.25 Å². The average molecular weight is 409 g/mol. The summed E-state index contributed by atoms with van der Waals surface area (Å²) in [5, 5.41) is 13.3. The maximum atomic E-state index is 12.0. The molecule has 142 valence electrons. The summed E-state index contributed by atoms with van der Waals surface area (Å²) in [7, 11) is 0. The molecule has 0 spiro atoms. The number of halogens is 1. The lowest BCUT2D eigenvalue weighted by Gasteiger charge is -2.11. The van der Waals surface area contributed by atoms with E-state index >= 15 is 0 Å². The van der Waals surface area contributed by atoms with Crippen molar-refractivity contribution in [3.05, 3.63) is 69.2 Å². The quantitative estimate of drug-likeness (QED) is 0.310. The van der Waals surface area contributed by atoms with Crippen molar-refractivity contribution in [1.82, 2.24) is 5.32 Å². The largest absolute Gasteiger partial charge is 0.455 e. The molecule has 9 heteroatoms. The van der Waals surface area contributed by atoms with E-state index in [4.69, 9.17) is 16.3 Å². The van der Waals surface area contributed by atoms with Crippen molar-refractivity contribution < 1.29 is 19.2 Å². The molecule has 2 rings (SSSR count). The van der Waals surface area contributed by atoms with Crippen LogP contribution in [0.1, 0.15) is 12.5 Å². The van der Waals surface area contributed by atoms with Gasteiger partial charge in [0.2, 0.25) is 0 Å². The van der Waals surface area contributed by atoms with Crippen molar-refractivity contribution in [2.24, 2.45) is 0 Å². The summed E-state index contributed by atoms with van der Waals surface area (Å²) in [6, 6.07) is 12.9. The van der Waals surface area contributed by atoms with E-state index in [1.54, 1.807) is 43.3 Å². The zero-order chi connectivity index (χ0) is 19.8. The molecule has 0 heterocycles. The van der Waals surface area contributed by atoms with Gasteiger partial charge in [-0.05, 0) is 36.8 Å². The van der Waals surface area contributed by atoms with Crippen LogP contribution in [0.15, 0.2) is 53.4 Å². The first-order valence-electron chi connectivity index (χ1n) is 7.94. The monoisotopic (exact) mass is 408 g/mol. The minimum Gasteiger partial charge on any atom is -0.455 e. The van der Waals surface area contributed by atoms with Gasteiger partial charge in [0, 0.05) is 28.6 Å². The minimum absolute atomic E-state index is 0.0214. The van der Waals surface area contributed by atoms with Crippen LogP contribution in [0.25, 0.3) is 0 Å². The topological polar surface area (TPSA) is 98.5 Å². The van der Waals surface area contributed by atoms with Crippen LogP contribution in [0, 0.1) is 10.1 Å². The third kappa shape index (κ3) is 6.92. The molecule has 0 aromatic heterocycles. The number of nitro benzene ring substituents is 1. The molecule has 0 unspecified atom stereocenters. The maximum Gasteiger partial charge on any atom is 0.319 e. The van der Waals surface area contributed by atoms with Crippen LogP contribution in [0.2, 0.25) is 5.02 Å². The Hall–Kier alpha value is -2.58. The Bertz CT molecular complexity index is 812. The highest BCUT2D eigenvalue weighted by Crippen LogP contribution is 2.25. The summed E-state index contributed by atoms with van der Waals surface area (Å²) in [6.45, 7) is 1.57. The summed E-state index contributed by atoms with van der Waals surface area (Å²) in [6.07, 6.45) is 0. The zero-order valence-electron chi connectivity index (χ0n) is 14.4. The molecule has 1 N–H and O–H groups in total. The summed E-state index contributed by atoms with van der Waals surface area (Å²) >= 11 is 6.99. The number of nitrogens with zero attached hydrogens (tertiary/aromatic N) is 1. The van der Waals surface area contributed by atoms with E-state index in [1.165, 1.54) is 23.9 Å². The van der Waals surface area contributed by atoms with Crippen molar-refractivity contribution in [3.8, 4) is 0 Å². The first kappa shape index (κ1) is 20.7. The second kappa shape index (κ2) is 9.94. The van der Waals surface area contributed by atoms with Crippen molar-refractivity contribution in [3.63, 3.8) is 0 Å². The number of nitro groups is 1. The number of carbonyl (C=O) groups is 2. The van der Waals surface area contributed by atoms with Crippen LogP contribution >= 0.6 is 23.4 Å². The molecule has 2 aromatic carbocycles. The van der Waals surface area contributed by atoms with Gasteiger partial charge in [-0.1, -0.05) is 23.7 Å². The highest BCUT2D eigenvalue weighted by molar-refractivity contribution is 8.00. The molecular weight excluding hydrogens is 392 g/mol. The minimum atomic E-state index is -0.560. The van der Waals surface area contributed by atoms with Gasteiger partial charge >= 0.3 is 5.97 Å². The lowest BCUT2D eigenvalue weighted by Crippen LogP contribution is -2.30. The Morgan fingerprint density at radius 2 is 1.81 bits per heavy atom. The predicted molar refractivity (Wildman–Crippen MR) is 103 cm³/mol. The fourth-order valence-corrected chi connectivity index (χ4v) is 3.00. The smallest absolute Gasteiger partial charge is 0.319 e. The van der Waals surface area contributed by atoms with E-state index in [2.05, 4.69) is 5.32 Å². The molecule has 1 atom stereocenters. The fourth-order valence-electron chi connectivity index (χ4n) is 2.01. The number of hydrogen-bond donors (Lipinski definition) is 1. The fraction of sp³-hybridized carbons (Fsp3) is 0.222. The van der Waals surface area contributed by atoms with E-state index in [0.717, 1.165) is 5.56 Å². The van der Waals surface area contributed by atoms with Gasteiger partial charge in [-0.3, -0.25) is 19.7 Å². The van der Waals surface area contributed by atoms with Crippen LogP contribution in [0.4, 0.5) is 5.69 Å². The molecule has 27 heavy (non-hydrogen) atoms. The zero-order valence-corrected chi connectivity index (χ0v) is 16.0. The number of nitrogens with one attached hydrogen (secondary N) is 1. The number of amides is 1. The molecule has 0 saturated heterocycles. The van der Waals surface area contributed by atoms with Crippen LogP contribution < -0.4 is 5.32 Å². The molecule has 0 bridgehead atoms. The molecule has 0 aliphatic carbocycles. The first-order chi connectivity index (χ1) is 12.8. The van der Waals surface area contributed by atoms with Crippen LogP contribution in [-0.4, -0.2) is 28.7 Å². The van der Waals surface area contributed by atoms with Crippen LogP contribution in [0.5, 0.6) is 0 Å². The Kier molecular flexibility index (Phi) is 7.63. The van der Waals surface area contributed by atoms with E-state index < -0.39 is 22.0 Å². The summed E-state index contributed by atoms with van der Waals surface area (Å²) < 4.78 is 5.01. The van der Waals surface area contributed by atoms with Crippen molar-refractivity contribution in [1.29, 1.82) is 0 Å². The normalized spacial score (nSPS) is 11.5. The van der Waals surface area contributed by atoms with Gasteiger partial charge in [0.05, 0.1) is 4.92 Å². The third-order valence-corrected chi connectivity index (χ3v) is 4.78. The predicted octanol–water partition coefficient (Wildman–Crippen LogP) is 3.59. The SMILES string of the molecule is C[C@H](Sc1ccc([N+](=O)[O-])cc1)C(=O)OCC(=O)NCc1ccc(Cl)cc1. The number of carbonyl (C=O) groups excluding carboxylic acids is 2. The molecule has 0 fully saturated rings. The molecule has 0 radical (unpaired) electrons. The van der Waals surface area contributed by atoms with Gasteiger partial charge in [-0.2, -0.15) is 0 Å². The van der Waals surface area contributed by atoms with Gasteiger partial charge in [0.15, 0.2) is 6.61 Å². The number of esters is 1. The van der Waals surface area contributed by atoms with Crippen molar-refractivity contribution in [2.45, 2.75) is 23.6 Å². The summed E-state index contributed by atoms with van der Waals surface area (Å²) in [5.74, 6) is -0.953. The summed E-state index contributed by atoms with van der Waals surface area (Å²) in [5.41, 5.74) is 0.855. The van der Waals surface area contributed by atoms with E-state index in [1.807, 2.05) is 0 Å². The maximum absolute atomic E-state index is 12.0. The highest BCUT2D eigenvalue weighted by Gasteiger charge is 2.18. The first-order valence-corrected chi connectivity index (χ1v) is 9.20. The molecule has 1 amide bonds. The van der Waals surface area contributed by atoms with Crippen molar-refractivity contribution in [2.75, 3.05) is 6.61 Å². The Labute approximate surface area is 165 Å². The lowest BCUT2D eigenvalue weighted by atomic mass is 10.2. The second-order valence-corrected chi connectivity index (χ2v) is 7.37. The molecule has 0 aliphatic rings. The Morgan fingerprint density at radius 3 is 2.41 bits per heavy atom. The number of non-ortho nitro benzene ring substituents is 1. The Morgan fingerprint density at radius 1 is 1.19 bits per heavy atom. The van der Waals surface area contributed by atoms with Crippen LogP contribution in [0.3, 0.4) is 0 Å². The van der Waals surface area contributed by atoms with Crippen LogP contribution in [-0.2, 0) is 20.9 Å². The van der Waals surface area contributed by atoms with E-state index in [-0.39, 0.29) is 12.3 Å². The van der Waals surface area contributed by atoms with E-state index in [9.17, 15) is 19.7 Å². The van der Waals surface area contributed by atoms with Gasteiger partial charge in [0.25, 0.3) is 11.6 Å². The molecule has 2 aromatic rings. The van der Waals surface area contributed by atoms with Crippen molar-refractivity contribution >= 4 is 40.9 Å². The molecular formula is C18H17ClN2O5S. The lowest BCUT2D eigenvalue weighted by molar-refractivity contribution is -0.384. The number of ether oxygens (including phenoxy) is 1. The molecule has 0 saturated carbocycles. The standard InChI is InChI=1S/C18H17ClN2O5S/c1-12(27-16-8-6-15(7-9-16)21(24)25)18(23)26-11-17(22)20-10-13-2-4-14(19)5-3-13/h2-9,12H,10-11H2,1H3,(H,20,22)/t12-/m0/s1. The van der Waals surface area contributed by atoms with E-state index in [0.29, 0.717) is 16.5 Å².